The van der Waals surface area contributed by atoms with E-state index in [1.165, 1.54) is 5.56 Å². The molecule has 5 nitrogen and oxygen atoms in total. The van der Waals surface area contributed by atoms with E-state index in [4.69, 9.17) is 25.5 Å². The van der Waals surface area contributed by atoms with Crippen LogP contribution in [0.1, 0.15) is 16.7 Å². The van der Waals surface area contributed by atoms with E-state index in [0.29, 0.717) is 12.3 Å². The van der Waals surface area contributed by atoms with E-state index >= 15 is 0 Å². The maximum Gasteiger partial charge on any atom is 0.336 e. The molecule has 168 valence electrons. The Kier molecular flexibility index (Phi) is 5.83. The van der Waals surface area contributed by atoms with Gasteiger partial charge in [-0.15, -0.1) is 0 Å². The van der Waals surface area contributed by atoms with Crippen LogP contribution in [0.4, 0.5) is 0 Å². The molecule has 0 radical (unpaired) electrons. The minimum Gasteiger partial charge on any atom is -0.497 e. The maximum atomic E-state index is 12.4. The lowest BCUT2D eigenvalue weighted by molar-refractivity contribution is 0.0959. The average Bonchev–Trinajstić information content (AvgIpc) is 2.84. The lowest BCUT2D eigenvalue weighted by Gasteiger charge is -2.30. The molecular formula is C27H24ClNO4. The number of methoxy groups -OCH3 is 1. The van der Waals surface area contributed by atoms with Gasteiger partial charge in [-0.1, -0.05) is 35.9 Å². The minimum absolute atomic E-state index is 0.378. The zero-order valence-corrected chi connectivity index (χ0v) is 19.3. The summed E-state index contributed by atoms with van der Waals surface area (Å²) < 4.78 is 17.0. The van der Waals surface area contributed by atoms with E-state index in [2.05, 4.69) is 23.1 Å². The van der Waals surface area contributed by atoms with E-state index in [9.17, 15) is 4.79 Å². The zero-order chi connectivity index (χ0) is 22.9. The molecule has 1 aliphatic rings. The molecule has 33 heavy (non-hydrogen) atoms. The molecular weight excluding hydrogens is 438 g/mol. The maximum absolute atomic E-state index is 12.4. The Hall–Kier alpha value is -3.28. The van der Waals surface area contributed by atoms with Crippen LogP contribution in [0, 0.1) is 6.92 Å². The van der Waals surface area contributed by atoms with Crippen molar-refractivity contribution in [2.75, 3.05) is 20.4 Å². The number of hydrogen-bond donors (Lipinski definition) is 0. The molecule has 4 aromatic rings. The molecule has 0 N–H and O–H groups in total. The van der Waals surface area contributed by atoms with Crippen molar-refractivity contribution in [2.45, 2.75) is 19.9 Å². The quantitative estimate of drug-likeness (QED) is 0.350. The van der Waals surface area contributed by atoms with Crippen LogP contribution in [-0.2, 0) is 13.0 Å². The van der Waals surface area contributed by atoms with Gasteiger partial charge in [-0.3, -0.25) is 4.90 Å². The van der Waals surface area contributed by atoms with Crippen LogP contribution in [0.5, 0.6) is 11.5 Å². The summed E-state index contributed by atoms with van der Waals surface area (Å²) in [6.45, 7) is 4.08. The molecule has 6 heteroatoms. The Morgan fingerprint density at radius 2 is 1.82 bits per heavy atom. The van der Waals surface area contributed by atoms with Crippen molar-refractivity contribution in [3.05, 3.63) is 92.8 Å². The molecule has 0 bridgehead atoms. The van der Waals surface area contributed by atoms with Gasteiger partial charge in [-0.2, -0.15) is 0 Å². The Bertz CT molecular complexity index is 1360. The van der Waals surface area contributed by atoms with Crippen LogP contribution in [0.15, 0.2) is 69.9 Å². The molecule has 0 saturated carbocycles. The highest BCUT2D eigenvalue weighted by Crippen LogP contribution is 2.38. The highest BCUT2D eigenvalue weighted by molar-refractivity contribution is 6.30. The van der Waals surface area contributed by atoms with Gasteiger partial charge in [0, 0.05) is 40.7 Å². The molecule has 1 aliphatic heterocycles. The van der Waals surface area contributed by atoms with Gasteiger partial charge in [0.25, 0.3) is 0 Å². The first-order valence-electron chi connectivity index (χ1n) is 10.9. The summed E-state index contributed by atoms with van der Waals surface area (Å²) in [6, 6.07) is 19.3. The number of hydrogen-bond acceptors (Lipinski definition) is 5. The summed E-state index contributed by atoms with van der Waals surface area (Å²) >= 11 is 6.00. The predicted molar refractivity (Wildman–Crippen MR) is 130 cm³/mol. The molecule has 3 aromatic carbocycles. The number of ether oxygens (including phenoxy) is 2. The molecule has 0 spiro atoms. The topological polar surface area (TPSA) is 51.9 Å². The first-order valence-corrected chi connectivity index (χ1v) is 11.2. The third-order valence-electron chi connectivity index (χ3n) is 6.11. The SMILES string of the molecule is COc1ccc(-c2cc(=O)oc3c(C)c4c(cc23)CN(CCc2ccc(Cl)cc2)CO4)cc1. The van der Waals surface area contributed by atoms with Gasteiger partial charge < -0.3 is 13.9 Å². The van der Waals surface area contributed by atoms with Gasteiger partial charge in [-0.25, -0.2) is 4.79 Å². The molecule has 1 aromatic heterocycles. The fourth-order valence-electron chi connectivity index (χ4n) is 4.36. The van der Waals surface area contributed by atoms with Gasteiger partial charge in [-0.05, 0) is 60.4 Å². The second-order valence-electron chi connectivity index (χ2n) is 8.28. The summed E-state index contributed by atoms with van der Waals surface area (Å²) in [7, 11) is 1.63. The summed E-state index contributed by atoms with van der Waals surface area (Å²) in [5.74, 6) is 1.57. The molecule has 0 atom stereocenters. The molecule has 0 aliphatic carbocycles. The summed E-state index contributed by atoms with van der Waals surface area (Å²) in [5.41, 5.74) is 5.15. The largest absolute Gasteiger partial charge is 0.497 e. The minimum atomic E-state index is -0.378. The van der Waals surface area contributed by atoms with Crippen molar-refractivity contribution in [1.29, 1.82) is 0 Å². The number of aryl methyl sites for hydroxylation is 1. The van der Waals surface area contributed by atoms with Crippen molar-refractivity contribution in [2.24, 2.45) is 0 Å². The third kappa shape index (κ3) is 4.34. The zero-order valence-electron chi connectivity index (χ0n) is 18.6. The van der Waals surface area contributed by atoms with Crippen LogP contribution in [0.25, 0.3) is 22.1 Å². The smallest absolute Gasteiger partial charge is 0.336 e. The van der Waals surface area contributed by atoms with Gasteiger partial charge in [0.1, 0.15) is 23.8 Å². The van der Waals surface area contributed by atoms with Crippen molar-refractivity contribution in [1.82, 2.24) is 4.90 Å². The van der Waals surface area contributed by atoms with Gasteiger partial charge in [0.15, 0.2) is 0 Å². The second kappa shape index (κ2) is 8.93. The first-order chi connectivity index (χ1) is 16.0. The van der Waals surface area contributed by atoms with Crippen molar-refractivity contribution >= 4 is 22.6 Å². The number of nitrogens with zero attached hydrogens (tertiary/aromatic N) is 1. The lowest BCUT2D eigenvalue weighted by Crippen LogP contribution is -2.34. The van der Waals surface area contributed by atoms with Crippen LogP contribution in [0.2, 0.25) is 5.02 Å². The number of halogens is 1. The van der Waals surface area contributed by atoms with Crippen molar-refractivity contribution in [3.63, 3.8) is 0 Å². The van der Waals surface area contributed by atoms with Gasteiger partial charge in [0.05, 0.1) is 7.11 Å². The highest BCUT2D eigenvalue weighted by atomic mass is 35.5. The lowest BCUT2D eigenvalue weighted by atomic mass is 9.96. The van der Waals surface area contributed by atoms with E-state index in [0.717, 1.165) is 63.7 Å². The molecule has 0 unspecified atom stereocenters. The highest BCUT2D eigenvalue weighted by Gasteiger charge is 2.23. The fraction of sp³-hybridized carbons (Fsp3) is 0.222. The second-order valence-corrected chi connectivity index (χ2v) is 8.71. The van der Waals surface area contributed by atoms with E-state index in [1.807, 2.05) is 43.3 Å². The Morgan fingerprint density at radius 3 is 2.55 bits per heavy atom. The Balaban J connectivity index is 1.48. The molecule has 2 heterocycles. The van der Waals surface area contributed by atoms with E-state index < -0.39 is 0 Å². The first kappa shape index (κ1) is 21.6. The fourth-order valence-corrected chi connectivity index (χ4v) is 4.49. The van der Waals surface area contributed by atoms with Crippen molar-refractivity contribution in [3.8, 4) is 22.6 Å². The summed E-state index contributed by atoms with van der Waals surface area (Å²) in [5, 5.41) is 1.65. The van der Waals surface area contributed by atoms with Crippen LogP contribution < -0.4 is 15.1 Å². The average molecular weight is 462 g/mol. The standard InChI is InChI=1S/C27H24ClNO4/c1-17-26-20(15-29(16-32-26)12-11-18-3-7-21(28)8-4-18)13-24-23(14-25(30)33-27(17)24)19-5-9-22(31-2)10-6-19/h3-10,13-14H,11-12,15-16H2,1-2H3. The van der Waals surface area contributed by atoms with Gasteiger partial charge in [0.2, 0.25) is 0 Å². The number of fused-ring (bicyclic) bond motifs is 2. The van der Waals surface area contributed by atoms with E-state index in [-0.39, 0.29) is 5.63 Å². The van der Waals surface area contributed by atoms with Crippen LogP contribution in [0.3, 0.4) is 0 Å². The normalized spacial score (nSPS) is 13.5. The Morgan fingerprint density at radius 1 is 1.06 bits per heavy atom. The third-order valence-corrected chi connectivity index (χ3v) is 6.36. The summed E-state index contributed by atoms with van der Waals surface area (Å²) in [6.07, 6.45) is 0.911. The van der Waals surface area contributed by atoms with E-state index in [1.54, 1.807) is 13.2 Å². The van der Waals surface area contributed by atoms with Crippen molar-refractivity contribution < 1.29 is 13.9 Å². The number of benzene rings is 3. The summed E-state index contributed by atoms with van der Waals surface area (Å²) in [4.78, 5) is 14.6. The molecule has 5 rings (SSSR count). The predicted octanol–water partition coefficient (Wildman–Crippen LogP) is 5.83. The number of rotatable bonds is 5. The van der Waals surface area contributed by atoms with Crippen LogP contribution >= 0.6 is 11.6 Å². The monoisotopic (exact) mass is 461 g/mol. The Labute approximate surface area is 197 Å². The molecule has 0 amide bonds. The van der Waals surface area contributed by atoms with Crippen LogP contribution in [-0.4, -0.2) is 25.3 Å². The molecule has 0 fully saturated rings. The van der Waals surface area contributed by atoms with Gasteiger partial charge >= 0.3 is 5.63 Å². The molecule has 0 saturated heterocycles.